The van der Waals surface area contributed by atoms with Crippen LogP contribution in [0.3, 0.4) is 0 Å². The monoisotopic (exact) mass is 687 g/mol. The largest absolute Gasteiger partial charge is 0.487 e. The first kappa shape index (κ1) is 32.9. The lowest BCUT2D eigenvalue weighted by molar-refractivity contribution is -0.0678. The standard InChI is InChI=1S/C38H29N3O10/c42-32-19-17-24-16-18-29(20-30(24)48-32)46-22-28-21-41(40-39-28)35-34(51-38(45)27-14-8-3-9-15-27)33(50-37(44)26-12-6-2-7-13-26)31(49-35)23-47-36(43)25-10-4-1-5-11-25/h1-21,31,33-35H,22-23H2/t31-,33-,34-,35-/m1/s1. The maximum absolute atomic E-state index is 13.4. The molecule has 0 saturated carbocycles. The molecule has 4 aromatic carbocycles. The Bertz CT molecular complexity index is 2210. The first-order valence-corrected chi connectivity index (χ1v) is 15.9. The highest BCUT2D eigenvalue weighted by Crippen LogP contribution is 2.35. The van der Waals surface area contributed by atoms with Crippen molar-refractivity contribution < 1.29 is 42.5 Å². The predicted molar refractivity (Wildman–Crippen MR) is 179 cm³/mol. The van der Waals surface area contributed by atoms with Crippen LogP contribution in [-0.2, 0) is 25.6 Å². The Balaban J connectivity index is 1.16. The van der Waals surface area contributed by atoms with Gasteiger partial charge in [-0.2, -0.15) is 0 Å². The van der Waals surface area contributed by atoms with Gasteiger partial charge in [-0.05, 0) is 54.6 Å². The quantitative estimate of drug-likeness (QED) is 0.100. The van der Waals surface area contributed by atoms with Gasteiger partial charge in [0.2, 0.25) is 0 Å². The van der Waals surface area contributed by atoms with Gasteiger partial charge in [-0.1, -0.05) is 59.8 Å². The molecule has 13 nitrogen and oxygen atoms in total. The van der Waals surface area contributed by atoms with Gasteiger partial charge in [0.25, 0.3) is 0 Å². The van der Waals surface area contributed by atoms with E-state index in [1.165, 1.54) is 16.9 Å². The molecule has 0 bridgehead atoms. The van der Waals surface area contributed by atoms with Crippen LogP contribution < -0.4 is 10.4 Å². The van der Waals surface area contributed by atoms with Crippen molar-refractivity contribution in [3.8, 4) is 5.75 Å². The van der Waals surface area contributed by atoms with Crippen molar-refractivity contribution >= 4 is 28.9 Å². The fourth-order valence-electron chi connectivity index (χ4n) is 5.46. The summed E-state index contributed by atoms with van der Waals surface area (Å²) in [7, 11) is 0. The average Bonchev–Trinajstić information content (AvgIpc) is 3.78. The molecular weight excluding hydrogens is 658 g/mol. The molecule has 2 aromatic heterocycles. The minimum atomic E-state index is -1.26. The lowest BCUT2D eigenvalue weighted by atomic mass is 10.1. The number of rotatable bonds is 11. The molecule has 3 heterocycles. The molecule has 0 N–H and O–H groups in total. The van der Waals surface area contributed by atoms with Crippen LogP contribution in [0.4, 0.5) is 0 Å². The van der Waals surface area contributed by atoms with Crippen molar-refractivity contribution in [3.05, 3.63) is 160 Å². The molecule has 7 rings (SSSR count). The van der Waals surface area contributed by atoms with Gasteiger partial charge in [-0.25, -0.2) is 23.9 Å². The Morgan fingerprint density at radius 2 is 1.29 bits per heavy atom. The van der Waals surface area contributed by atoms with Crippen LogP contribution in [0.25, 0.3) is 11.0 Å². The highest BCUT2D eigenvalue weighted by molar-refractivity contribution is 5.91. The van der Waals surface area contributed by atoms with E-state index in [-0.39, 0.29) is 24.3 Å². The second kappa shape index (κ2) is 14.9. The van der Waals surface area contributed by atoms with Crippen molar-refractivity contribution in [3.63, 3.8) is 0 Å². The normalized spacial score (nSPS) is 18.2. The van der Waals surface area contributed by atoms with Crippen LogP contribution in [0.15, 0.2) is 137 Å². The Labute approximate surface area is 289 Å². The number of esters is 3. The van der Waals surface area contributed by atoms with E-state index in [0.29, 0.717) is 22.6 Å². The summed E-state index contributed by atoms with van der Waals surface area (Å²) in [4.78, 5) is 51.4. The number of fused-ring (bicyclic) bond motifs is 1. The minimum absolute atomic E-state index is 0.0334. The van der Waals surface area contributed by atoms with Gasteiger partial charge in [-0.15, -0.1) is 5.10 Å². The van der Waals surface area contributed by atoms with E-state index in [2.05, 4.69) is 10.3 Å². The number of hydrogen-bond donors (Lipinski definition) is 0. The van der Waals surface area contributed by atoms with Gasteiger partial charge in [-0.3, -0.25) is 0 Å². The van der Waals surface area contributed by atoms with Crippen LogP contribution in [0.2, 0.25) is 0 Å². The lowest BCUT2D eigenvalue weighted by Crippen LogP contribution is -2.41. The summed E-state index contributed by atoms with van der Waals surface area (Å²) < 4.78 is 36.3. The highest BCUT2D eigenvalue weighted by Gasteiger charge is 2.52. The van der Waals surface area contributed by atoms with Crippen LogP contribution in [0.5, 0.6) is 5.75 Å². The number of benzene rings is 4. The third-order valence-electron chi connectivity index (χ3n) is 7.98. The average molecular weight is 688 g/mol. The van der Waals surface area contributed by atoms with Gasteiger partial charge in [0.15, 0.2) is 18.4 Å². The number of aromatic nitrogens is 3. The van der Waals surface area contributed by atoms with Gasteiger partial charge in [0.1, 0.15) is 36.3 Å². The maximum Gasteiger partial charge on any atom is 0.338 e. The Morgan fingerprint density at radius 3 is 1.94 bits per heavy atom. The number of hydrogen-bond acceptors (Lipinski definition) is 12. The summed E-state index contributed by atoms with van der Waals surface area (Å²) in [6.45, 7) is -0.382. The van der Waals surface area contributed by atoms with E-state index < -0.39 is 48.1 Å². The smallest absolute Gasteiger partial charge is 0.338 e. The van der Waals surface area contributed by atoms with E-state index in [1.807, 2.05) is 0 Å². The molecule has 0 amide bonds. The molecule has 256 valence electrons. The van der Waals surface area contributed by atoms with E-state index in [4.69, 9.17) is 28.1 Å². The van der Waals surface area contributed by atoms with Gasteiger partial charge < -0.3 is 28.1 Å². The molecule has 1 aliphatic heterocycles. The second-order valence-corrected chi connectivity index (χ2v) is 11.4. The molecule has 6 aromatic rings. The second-order valence-electron chi connectivity index (χ2n) is 11.4. The van der Waals surface area contributed by atoms with E-state index >= 15 is 0 Å². The fourth-order valence-corrected chi connectivity index (χ4v) is 5.46. The summed E-state index contributed by atoms with van der Waals surface area (Å²) in [5.41, 5.74) is 1.07. The maximum atomic E-state index is 13.4. The van der Waals surface area contributed by atoms with Crippen LogP contribution in [0.1, 0.15) is 43.0 Å². The Kier molecular flexibility index (Phi) is 9.61. The topological polar surface area (TPSA) is 158 Å². The van der Waals surface area contributed by atoms with E-state index in [1.54, 1.807) is 115 Å². The van der Waals surface area contributed by atoms with E-state index in [0.717, 1.165) is 5.39 Å². The number of ether oxygens (including phenoxy) is 5. The summed E-state index contributed by atoms with van der Waals surface area (Å²) >= 11 is 0. The molecule has 1 fully saturated rings. The van der Waals surface area contributed by atoms with Crippen LogP contribution in [-0.4, -0.2) is 57.8 Å². The predicted octanol–water partition coefficient (Wildman–Crippen LogP) is 5.17. The molecule has 13 heteroatoms. The molecule has 0 radical (unpaired) electrons. The SMILES string of the molecule is O=C(OC[C@H]1O[C@@H](n2cc(COc3ccc4ccc(=O)oc4c3)nn2)[C@H](OC(=O)c2ccccc2)[C@@H]1OC(=O)c1ccccc1)c1ccccc1. The third kappa shape index (κ3) is 7.68. The first-order chi connectivity index (χ1) is 24.9. The van der Waals surface area contributed by atoms with Crippen molar-refractivity contribution in [2.75, 3.05) is 6.61 Å². The third-order valence-corrected chi connectivity index (χ3v) is 7.98. The zero-order valence-corrected chi connectivity index (χ0v) is 26.8. The summed E-state index contributed by atoms with van der Waals surface area (Å²) in [5.74, 6) is -1.61. The van der Waals surface area contributed by atoms with Gasteiger partial charge in [0, 0.05) is 17.5 Å². The molecule has 0 unspecified atom stereocenters. The zero-order chi connectivity index (χ0) is 35.2. The highest BCUT2D eigenvalue weighted by atomic mass is 16.7. The van der Waals surface area contributed by atoms with Gasteiger partial charge >= 0.3 is 23.5 Å². The van der Waals surface area contributed by atoms with Crippen LogP contribution in [0, 0.1) is 0 Å². The molecular formula is C38H29N3O10. The van der Waals surface area contributed by atoms with E-state index in [9.17, 15) is 19.2 Å². The first-order valence-electron chi connectivity index (χ1n) is 15.9. The van der Waals surface area contributed by atoms with Gasteiger partial charge in [0.05, 0.1) is 22.9 Å². The number of carbonyl (C=O) groups is 3. The summed E-state index contributed by atoms with van der Waals surface area (Å²) in [6.07, 6.45) is -3.22. The zero-order valence-electron chi connectivity index (χ0n) is 26.8. The van der Waals surface area contributed by atoms with Crippen molar-refractivity contribution in [1.29, 1.82) is 0 Å². The minimum Gasteiger partial charge on any atom is -0.487 e. The Hall–Kier alpha value is -6.60. The summed E-state index contributed by atoms with van der Waals surface area (Å²) in [6, 6.07) is 33.0. The molecule has 0 aliphatic carbocycles. The van der Waals surface area contributed by atoms with Crippen molar-refractivity contribution in [2.45, 2.75) is 31.1 Å². The van der Waals surface area contributed by atoms with Crippen LogP contribution >= 0.6 is 0 Å². The lowest BCUT2D eigenvalue weighted by Gasteiger charge is -2.24. The Morgan fingerprint density at radius 1 is 0.706 bits per heavy atom. The van der Waals surface area contributed by atoms with Crippen molar-refractivity contribution in [1.82, 2.24) is 15.0 Å². The number of nitrogens with zero attached hydrogens (tertiary/aromatic N) is 3. The van der Waals surface area contributed by atoms with Crippen molar-refractivity contribution in [2.24, 2.45) is 0 Å². The molecule has 51 heavy (non-hydrogen) atoms. The molecule has 4 atom stereocenters. The summed E-state index contributed by atoms with van der Waals surface area (Å²) in [5, 5.41) is 9.14. The molecule has 0 spiro atoms. The fraction of sp³-hybridized carbons (Fsp3) is 0.158. The molecule has 1 aliphatic rings. The molecule has 1 saturated heterocycles. The number of carbonyl (C=O) groups excluding carboxylic acids is 3.